The number of H-pyrrole nitrogens is 1. The number of hydrogen-bond acceptors (Lipinski definition) is 5. The van der Waals surface area contributed by atoms with Crippen molar-refractivity contribution in [3.8, 4) is 0 Å². The molecule has 10 heteroatoms. The fourth-order valence-corrected chi connectivity index (χ4v) is 4.92. The maximum Gasteiger partial charge on any atom is 0.326 e. The zero-order valence-corrected chi connectivity index (χ0v) is 24.7. The van der Waals surface area contributed by atoms with Gasteiger partial charge in [-0.3, -0.25) is 14.4 Å². The molecule has 226 valence electrons. The summed E-state index contributed by atoms with van der Waals surface area (Å²) in [5.41, 5.74) is 8.53. The number of benzene rings is 2. The summed E-state index contributed by atoms with van der Waals surface area (Å²) in [6, 6.07) is 12.8. The number of rotatable bonds is 15. The summed E-state index contributed by atoms with van der Waals surface area (Å²) in [5, 5.41) is 19.0. The van der Waals surface area contributed by atoms with Crippen molar-refractivity contribution >= 4 is 34.6 Å². The topological polar surface area (TPSA) is 166 Å². The molecule has 0 bridgehead atoms. The lowest BCUT2D eigenvalue weighted by Crippen LogP contribution is -2.58. The van der Waals surface area contributed by atoms with E-state index in [0.29, 0.717) is 6.42 Å². The summed E-state index contributed by atoms with van der Waals surface area (Å²) in [6.45, 7) is 7.72. The van der Waals surface area contributed by atoms with Crippen molar-refractivity contribution < 1.29 is 24.3 Å². The molecule has 0 aliphatic carbocycles. The largest absolute Gasteiger partial charge is 0.480 e. The summed E-state index contributed by atoms with van der Waals surface area (Å²) in [5.74, 6) is -2.58. The Labute approximate surface area is 246 Å². The van der Waals surface area contributed by atoms with Gasteiger partial charge in [0, 0.05) is 29.9 Å². The van der Waals surface area contributed by atoms with Crippen molar-refractivity contribution in [3.63, 3.8) is 0 Å². The molecule has 3 amide bonds. The van der Waals surface area contributed by atoms with Crippen molar-refractivity contribution in [1.29, 1.82) is 0 Å². The molecular formula is C32H43N5O5. The molecule has 3 rings (SSSR count). The third kappa shape index (κ3) is 9.44. The van der Waals surface area contributed by atoms with Crippen LogP contribution in [0.15, 0.2) is 60.8 Å². The molecule has 0 saturated carbocycles. The summed E-state index contributed by atoms with van der Waals surface area (Å²) in [6.07, 6.45) is 2.72. The summed E-state index contributed by atoms with van der Waals surface area (Å²) >= 11 is 0. The molecule has 1 aromatic heterocycles. The monoisotopic (exact) mass is 577 g/mol. The molecule has 2 aromatic carbocycles. The lowest BCUT2D eigenvalue weighted by Gasteiger charge is -2.26. The summed E-state index contributed by atoms with van der Waals surface area (Å²) in [4.78, 5) is 55.2. The third-order valence-electron chi connectivity index (χ3n) is 7.03. The quantitative estimate of drug-likeness (QED) is 0.162. The number of aromatic nitrogens is 1. The van der Waals surface area contributed by atoms with Crippen LogP contribution in [0.1, 0.15) is 51.7 Å². The zero-order chi connectivity index (χ0) is 30.8. The van der Waals surface area contributed by atoms with Gasteiger partial charge in [0.05, 0.1) is 6.04 Å². The van der Waals surface area contributed by atoms with Crippen LogP contribution in [0, 0.1) is 11.8 Å². The fourth-order valence-electron chi connectivity index (χ4n) is 4.92. The molecule has 4 atom stereocenters. The normalized spacial score (nSPS) is 14.3. The summed E-state index contributed by atoms with van der Waals surface area (Å²) < 4.78 is 0. The first kappa shape index (κ1) is 32.3. The van der Waals surface area contributed by atoms with E-state index in [1.54, 1.807) is 6.20 Å². The van der Waals surface area contributed by atoms with E-state index in [0.717, 1.165) is 22.0 Å². The number of fused-ring (bicyclic) bond motifs is 1. The lowest BCUT2D eigenvalue weighted by molar-refractivity contribution is -0.142. The van der Waals surface area contributed by atoms with Gasteiger partial charge in [-0.2, -0.15) is 0 Å². The Morgan fingerprint density at radius 1 is 0.738 bits per heavy atom. The van der Waals surface area contributed by atoms with Gasteiger partial charge >= 0.3 is 5.97 Å². The number of aliphatic carboxylic acids is 1. The minimum Gasteiger partial charge on any atom is -0.480 e. The Bertz CT molecular complexity index is 1350. The van der Waals surface area contributed by atoms with Crippen LogP contribution in [0.5, 0.6) is 0 Å². The van der Waals surface area contributed by atoms with E-state index < -0.39 is 47.9 Å². The molecule has 0 radical (unpaired) electrons. The molecular weight excluding hydrogens is 534 g/mol. The predicted molar refractivity (Wildman–Crippen MR) is 162 cm³/mol. The maximum atomic E-state index is 13.6. The van der Waals surface area contributed by atoms with Crippen LogP contribution in [0.3, 0.4) is 0 Å². The maximum absolute atomic E-state index is 13.6. The van der Waals surface area contributed by atoms with Crippen molar-refractivity contribution in [2.24, 2.45) is 17.6 Å². The van der Waals surface area contributed by atoms with Crippen LogP contribution in [0.25, 0.3) is 10.9 Å². The molecule has 3 aromatic rings. The first-order valence-corrected chi connectivity index (χ1v) is 14.4. The molecule has 0 saturated heterocycles. The SMILES string of the molecule is CC(C)CC(N)C(=O)NC(Cc1ccccc1)C(=O)NC(CC(C)C)C(=O)NC(Cc1c[nH]c2ccccc12)C(=O)O. The van der Waals surface area contributed by atoms with E-state index in [9.17, 15) is 24.3 Å². The molecule has 1 heterocycles. The van der Waals surface area contributed by atoms with E-state index in [2.05, 4.69) is 20.9 Å². The number of carbonyl (C=O) groups excluding carboxylic acids is 3. The van der Waals surface area contributed by atoms with Crippen LogP contribution in [-0.4, -0.2) is 57.9 Å². The van der Waals surface area contributed by atoms with Gasteiger partial charge in [-0.05, 0) is 41.9 Å². The van der Waals surface area contributed by atoms with Crippen molar-refractivity contribution in [2.75, 3.05) is 0 Å². The molecule has 0 spiro atoms. The van der Waals surface area contributed by atoms with Crippen LogP contribution in [0.4, 0.5) is 0 Å². The fraction of sp³-hybridized carbons (Fsp3) is 0.438. The van der Waals surface area contributed by atoms with E-state index in [4.69, 9.17) is 5.73 Å². The third-order valence-corrected chi connectivity index (χ3v) is 7.03. The molecule has 7 N–H and O–H groups in total. The van der Waals surface area contributed by atoms with E-state index in [1.165, 1.54) is 0 Å². The van der Waals surface area contributed by atoms with Crippen LogP contribution in [-0.2, 0) is 32.0 Å². The molecule has 0 aliphatic heterocycles. The number of aromatic amines is 1. The Balaban J connectivity index is 1.78. The number of para-hydroxylation sites is 1. The Morgan fingerprint density at radius 3 is 1.95 bits per heavy atom. The number of carbonyl (C=O) groups is 4. The van der Waals surface area contributed by atoms with Gasteiger partial charge < -0.3 is 31.8 Å². The average molecular weight is 578 g/mol. The first-order valence-electron chi connectivity index (χ1n) is 14.4. The van der Waals surface area contributed by atoms with Crippen LogP contribution >= 0.6 is 0 Å². The van der Waals surface area contributed by atoms with Gasteiger partial charge in [-0.15, -0.1) is 0 Å². The average Bonchev–Trinajstić information content (AvgIpc) is 3.34. The number of hydrogen-bond donors (Lipinski definition) is 6. The van der Waals surface area contributed by atoms with Crippen molar-refractivity contribution in [3.05, 3.63) is 71.9 Å². The summed E-state index contributed by atoms with van der Waals surface area (Å²) in [7, 11) is 0. The van der Waals surface area contributed by atoms with Gasteiger partial charge in [-0.1, -0.05) is 76.2 Å². The minimum absolute atomic E-state index is 0.0135. The molecule has 10 nitrogen and oxygen atoms in total. The number of amides is 3. The van der Waals surface area contributed by atoms with Crippen LogP contribution in [0.2, 0.25) is 0 Å². The predicted octanol–water partition coefficient (Wildman–Crippen LogP) is 2.91. The molecule has 4 unspecified atom stereocenters. The number of carboxylic acids is 1. The van der Waals surface area contributed by atoms with Gasteiger partial charge in [-0.25, -0.2) is 4.79 Å². The molecule has 0 aliphatic rings. The second-order valence-corrected chi connectivity index (χ2v) is 11.6. The van der Waals surface area contributed by atoms with Gasteiger partial charge in [0.25, 0.3) is 0 Å². The zero-order valence-electron chi connectivity index (χ0n) is 24.7. The van der Waals surface area contributed by atoms with E-state index in [1.807, 2.05) is 82.3 Å². The van der Waals surface area contributed by atoms with Gasteiger partial charge in [0.2, 0.25) is 17.7 Å². The Hall–Kier alpha value is -4.18. The van der Waals surface area contributed by atoms with Gasteiger partial charge in [0.1, 0.15) is 18.1 Å². The standard InChI is InChI=1S/C32H43N5O5/c1-19(2)14-24(33)29(38)35-27(16-21-10-6-5-7-11-21)31(40)36-26(15-20(3)4)30(39)37-28(32(41)42)17-22-18-34-25-13-9-8-12-23(22)25/h5-13,18-20,24,26-28,34H,14-17,33H2,1-4H3,(H,35,38)(H,36,40)(H,37,39)(H,41,42). The first-order chi connectivity index (χ1) is 19.9. The van der Waals surface area contributed by atoms with Gasteiger partial charge in [0.15, 0.2) is 0 Å². The Kier molecular flexibility index (Phi) is 11.7. The number of nitrogens with two attached hydrogens (primary N) is 1. The molecule has 42 heavy (non-hydrogen) atoms. The number of nitrogens with one attached hydrogen (secondary N) is 4. The smallest absolute Gasteiger partial charge is 0.326 e. The van der Waals surface area contributed by atoms with Crippen LogP contribution < -0.4 is 21.7 Å². The Morgan fingerprint density at radius 2 is 1.31 bits per heavy atom. The van der Waals surface area contributed by atoms with Crippen molar-refractivity contribution in [2.45, 2.75) is 77.5 Å². The highest BCUT2D eigenvalue weighted by Crippen LogP contribution is 2.19. The highest BCUT2D eigenvalue weighted by atomic mass is 16.4. The molecule has 0 fully saturated rings. The van der Waals surface area contributed by atoms with E-state index >= 15 is 0 Å². The second-order valence-electron chi connectivity index (χ2n) is 11.6. The van der Waals surface area contributed by atoms with E-state index in [-0.39, 0.29) is 31.1 Å². The van der Waals surface area contributed by atoms with Crippen molar-refractivity contribution in [1.82, 2.24) is 20.9 Å². The second kappa shape index (κ2) is 15.2. The highest BCUT2D eigenvalue weighted by molar-refractivity contribution is 5.94. The lowest BCUT2D eigenvalue weighted by atomic mass is 9.99. The minimum atomic E-state index is -1.21. The number of carboxylic acid groups (broad SMARTS) is 1. The highest BCUT2D eigenvalue weighted by Gasteiger charge is 2.31.